The van der Waals surface area contributed by atoms with Crippen LogP contribution in [0.5, 0.6) is 5.75 Å². The van der Waals surface area contributed by atoms with Gasteiger partial charge in [-0.05, 0) is 39.0 Å². The first-order valence-corrected chi connectivity index (χ1v) is 8.59. The van der Waals surface area contributed by atoms with E-state index in [9.17, 15) is 9.59 Å². The zero-order valence-corrected chi connectivity index (χ0v) is 16.0. The number of carbonyl (C=O) groups is 1. The molecule has 1 amide bonds. The average molecular weight is 380 g/mol. The smallest absolute Gasteiger partial charge is 0.452 e. The molecule has 0 saturated heterocycles. The highest BCUT2D eigenvalue weighted by Crippen LogP contribution is 2.35. The summed E-state index contributed by atoms with van der Waals surface area (Å²) < 4.78 is 10.6. The fraction of sp³-hybridized carbons (Fsp3) is 0.250. The summed E-state index contributed by atoms with van der Waals surface area (Å²) >= 11 is 0. The molecule has 1 aromatic heterocycles. The van der Waals surface area contributed by atoms with Gasteiger partial charge in [0, 0.05) is 17.0 Å². The van der Waals surface area contributed by atoms with E-state index in [0.29, 0.717) is 33.5 Å². The molecule has 3 rings (SSSR count). The van der Waals surface area contributed by atoms with E-state index >= 15 is 0 Å². The minimum absolute atomic E-state index is 0.263. The second-order valence-corrected chi connectivity index (χ2v) is 7.01. The average Bonchev–Trinajstić information content (AvgIpc) is 2.65. The molecule has 0 aliphatic carbocycles. The first-order valence-electron chi connectivity index (χ1n) is 8.59. The van der Waals surface area contributed by atoms with Gasteiger partial charge < -0.3 is 9.47 Å². The molecule has 0 saturated carbocycles. The molecule has 0 spiro atoms. The largest absolute Gasteiger partial charge is 0.496 e. The van der Waals surface area contributed by atoms with E-state index in [2.05, 4.69) is 20.4 Å². The predicted molar refractivity (Wildman–Crippen MR) is 105 cm³/mol. The lowest BCUT2D eigenvalue weighted by atomic mass is 10.0. The van der Waals surface area contributed by atoms with Gasteiger partial charge in [-0.15, -0.1) is 5.11 Å². The number of ether oxygens (including phenoxy) is 2. The first kappa shape index (κ1) is 19.2. The Morgan fingerprint density at radius 3 is 2.50 bits per heavy atom. The maximum Gasteiger partial charge on any atom is 0.452 e. The number of amides is 1. The molecular formula is C20H20N4O4. The number of carbonyl (C=O) groups excluding carboxylic acids is 1. The zero-order chi connectivity index (χ0) is 20.3. The number of azo groups is 1. The Balaban J connectivity index is 1.99. The van der Waals surface area contributed by atoms with E-state index in [1.807, 2.05) is 12.1 Å². The highest BCUT2D eigenvalue weighted by atomic mass is 16.6. The Morgan fingerprint density at radius 2 is 1.82 bits per heavy atom. The summed E-state index contributed by atoms with van der Waals surface area (Å²) in [4.78, 5) is 23.7. The molecule has 2 aromatic carbocycles. The van der Waals surface area contributed by atoms with Gasteiger partial charge in [0.15, 0.2) is 0 Å². The van der Waals surface area contributed by atoms with Gasteiger partial charge in [-0.1, -0.05) is 23.3 Å². The lowest BCUT2D eigenvalue weighted by Gasteiger charge is -2.16. The SMILES string of the molecule is COc1cc(N=NC(=O)OC(C)(C)C)ccc1-c1n[nH]c(=O)c2ccccc12. The van der Waals surface area contributed by atoms with Gasteiger partial charge in [0.2, 0.25) is 0 Å². The Labute approximate surface area is 161 Å². The van der Waals surface area contributed by atoms with Crippen LogP contribution in [0.3, 0.4) is 0 Å². The summed E-state index contributed by atoms with van der Waals surface area (Å²) in [5, 5.41) is 15.4. The molecule has 8 heteroatoms. The summed E-state index contributed by atoms with van der Waals surface area (Å²) in [5.41, 5.74) is 0.754. The number of aromatic nitrogens is 2. The van der Waals surface area contributed by atoms with Gasteiger partial charge >= 0.3 is 6.09 Å². The number of fused-ring (bicyclic) bond motifs is 1. The second-order valence-electron chi connectivity index (χ2n) is 7.01. The Bertz CT molecular complexity index is 1110. The molecular weight excluding hydrogens is 360 g/mol. The van der Waals surface area contributed by atoms with Crippen LogP contribution in [0.25, 0.3) is 22.0 Å². The number of hydrogen-bond acceptors (Lipinski definition) is 6. The molecule has 0 atom stereocenters. The van der Waals surface area contributed by atoms with Crippen molar-refractivity contribution in [3.63, 3.8) is 0 Å². The molecule has 28 heavy (non-hydrogen) atoms. The van der Waals surface area contributed by atoms with Gasteiger partial charge in [0.05, 0.1) is 18.2 Å². The van der Waals surface area contributed by atoms with Crippen molar-refractivity contribution >= 4 is 22.6 Å². The summed E-state index contributed by atoms with van der Waals surface area (Å²) in [5.74, 6) is 0.477. The van der Waals surface area contributed by atoms with Crippen molar-refractivity contribution in [2.75, 3.05) is 7.11 Å². The van der Waals surface area contributed by atoms with Gasteiger partial charge in [-0.2, -0.15) is 5.10 Å². The quantitative estimate of drug-likeness (QED) is 0.668. The number of nitrogens with zero attached hydrogens (tertiary/aromatic N) is 3. The van der Waals surface area contributed by atoms with E-state index in [1.165, 1.54) is 7.11 Å². The number of H-pyrrole nitrogens is 1. The lowest BCUT2D eigenvalue weighted by Crippen LogP contribution is -2.21. The second kappa shape index (κ2) is 7.59. The van der Waals surface area contributed by atoms with E-state index in [0.717, 1.165) is 0 Å². The van der Waals surface area contributed by atoms with Crippen molar-refractivity contribution in [2.24, 2.45) is 10.2 Å². The number of rotatable bonds is 3. The van der Waals surface area contributed by atoms with Gasteiger partial charge in [-0.25, -0.2) is 9.89 Å². The minimum atomic E-state index is -0.774. The van der Waals surface area contributed by atoms with Crippen molar-refractivity contribution in [1.82, 2.24) is 10.2 Å². The summed E-state index contributed by atoms with van der Waals surface area (Å²) in [6, 6.07) is 12.2. The third-order valence-corrected chi connectivity index (χ3v) is 3.78. The lowest BCUT2D eigenvalue weighted by molar-refractivity contribution is 0.0592. The summed E-state index contributed by atoms with van der Waals surface area (Å²) in [6.45, 7) is 5.25. The van der Waals surface area contributed by atoms with Crippen LogP contribution in [0.1, 0.15) is 20.8 Å². The molecule has 3 aromatic rings. The third-order valence-electron chi connectivity index (χ3n) is 3.78. The van der Waals surface area contributed by atoms with Crippen LogP contribution < -0.4 is 10.3 Å². The topological polar surface area (TPSA) is 106 Å². The zero-order valence-electron chi connectivity index (χ0n) is 16.0. The molecule has 0 radical (unpaired) electrons. The number of aromatic amines is 1. The number of nitrogens with one attached hydrogen (secondary N) is 1. The third kappa shape index (κ3) is 4.22. The van der Waals surface area contributed by atoms with Crippen molar-refractivity contribution in [3.8, 4) is 17.0 Å². The van der Waals surface area contributed by atoms with E-state index < -0.39 is 11.7 Å². The number of hydrogen-bond donors (Lipinski definition) is 1. The highest BCUT2D eigenvalue weighted by Gasteiger charge is 2.16. The van der Waals surface area contributed by atoms with Gasteiger partial charge in [-0.3, -0.25) is 4.79 Å². The number of methoxy groups -OCH3 is 1. The number of benzene rings is 2. The van der Waals surface area contributed by atoms with Crippen LogP contribution >= 0.6 is 0 Å². The van der Waals surface area contributed by atoms with Gasteiger partial charge in [0.25, 0.3) is 5.56 Å². The van der Waals surface area contributed by atoms with Gasteiger partial charge in [0.1, 0.15) is 17.0 Å². The maximum atomic E-state index is 12.0. The fourth-order valence-electron chi connectivity index (χ4n) is 2.64. The predicted octanol–water partition coefficient (Wildman–Crippen LogP) is 4.62. The van der Waals surface area contributed by atoms with Crippen LogP contribution in [-0.4, -0.2) is 29.0 Å². The van der Waals surface area contributed by atoms with E-state index in [1.54, 1.807) is 51.1 Å². The molecule has 0 fully saturated rings. The molecule has 0 unspecified atom stereocenters. The van der Waals surface area contributed by atoms with E-state index in [-0.39, 0.29) is 5.56 Å². The highest BCUT2D eigenvalue weighted by molar-refractivity contribution is 5.95. The standard InChI is InChI=1S/C20H20N4O4/c1-20(2,3)28-19(26)24-21-12-9-10-15(16(11-12)27-4)17-13-7-5-6-8-14(13)18(25)23-22-17/h5-11H,1-4H3,(H,23,25). The molecule has 144 valence electrons. The van der Waals surface area contributed by atoms with Crippen LogP contribution in [-0.2, 0) is 4.74 Å². The van der Waals surface area contributed by atoms with Crippen molar-refractivity contribution in [3.05, 3.63) is 52.8 Å². The normalized spacial score (nSPS) is 11.7. The summed E-state index contributed by atoms with van der Waals surface area (Å²) in [6.07, 6.45) is -0.774. The monoisotopic (exact) mass is 380 g/mol. The molecule has 1 heterocycles. The minimum Gasteiger partial charge on any atom is -0.496 e. The summed E-state index contributed by atoms with van der Waals surface area (Å²) in [7, 11) is 1.52. The Morgan fingerprint density at radius 1 is 1.11 bits per heavy atom. The Kier molecular flexibility index (Phi) is 5.21. The molecule has 0 bridgehead atoms. The maximum absolute atomic E-state index is 12.0. The van der Waals surface area contributed by atoms with Crippen molar-refractivity contribution in [2.45, 2.75) is 26.4 Å². The fourth-order valence-corrected chi connectivity index (χ4v) is 2.64. The molecule has 0 aliphatic rings. The van der Waals surface area contributed by atoms with Crippen LogP contribution in [0.4, 0.5) is 10.5 Å². The molecule has 0 aliphatic heterocycles. The van der Waals surface area contributed by atoms with E-state index in [4.69, 9.17) is 9.47 Å². The molecule has 1 N–H and O–H groups in total. The Hall–Kier alpha value is -3.55. The van der Waals surface area contributed by atoms with Crippen LogP contribution in [0.2, 0.25) is 0 Å². The van der Waals surface area contributed by atoms with Crippen LogP contribution in [0, 0.1) is 0 Å². The molecule has 8 nitrogen and oxygen atoms in total. The first-order chi connectivity index (χ1) is 13.3. The van der Waals surface area contributed by atoms with Crippen LogP contribution in [0.15, 0.2) is 57.5 Å². The van der Waals surface area contributed by atoms with Crippen molar-refractivity contribution < 1.29 is 14.3 Å². The van der Waals surface area contributed by atoms with Crippen molar-refractivity contribution in [1.29, 1.82) is 0 Å².